The molecule has 0 atom stereocenters. The molecule has 4 heteroatoms. The lowest BCUT2D eigenvalue weighted by Crippen LogP contribution is -2.06. The maximum atomic E-state index is 4.67. The first-order valence-electron chi connectivity index (χ1n) is 6.99. The summed E-state index contributed by atoms with van der Waals surface area (Å²) in [6, 6.07) is 10.1. The highest BCUT2D eigenvalue weighted by molar-refractivity contribution is 9.10. The van der Waals surface area contributed by atoms with Crippen LogP contribution in [-0.4, -0.2) is 16.5 Å². The molecule has 0 unspecified atom stereocenters. The highest BCUT2D eigenvalue weighted by Gasteiger charge is 2.09. The summed E-state index contributed by atoms with van der Waals surface area (Å²) in [6.45, 7) is 7.37. The molecular weight excluding hydrogens is 314 g/mol. The van der Waals surface area contributed by atoms with Gasteiger partial charge in [-0.2, -0.15) is 0 Å². The maximum absolute atomic E-state index is 4.67. The fourth-order valence-electron chi connectivity index (χ4n) is 1.83. The maximum Gasteiger partial charge on any atom is 0.161 e. The Labute approximate surface area is 129 Å². The number of nitrogens with zero attached hydrogens (tertiary/aromatic N) is 2. The highest BCUT2D eigenvalue weighted by atomic mass is 79.9. The molecule has 1 N–H and O–H groups in total. The average Bonchev–Trinajstić information content (AvgIpc) is 2.45. The summed E-state index contributed by atoms with van der Waals surface area (Å²) in [5.41, 5.74) is 2.10. The molecule has 2 aromatic rings. The highest BCUT2D eigenvalue weighted by Crippen LogP contribution is 2.23. The summed E-state index contributed by atoms with van der Waals surface area (Å²) < 4.78 is 1.06. The van der Waals surface area contributed by atoms with Gasteiger partial charge in [0, 0.05) is 28.3 Å². The van der Waals surface area contributed by atoms with E-state index >= 15 is 0 Å². The molecule has 3 nitrogen and oxygen atoms in total. The van der Waals surface area contributed by atoms with E-state index in [4.69, 9.17) is 0 Å². The second-order valence-corrected chi connectivity index (χ2v) is 6.01. The van der Waals surface area contributed by atoms with Crippen molar-refractivity contribution in [1.29, 1.82) is 0 Å². The van der Waals surface area contributed by atoms with E-state index in [0.717, 1.165) is 40.3 Å². The molecule has 0 fully saturated rings. The fraction of sp³-hybridized carbons (Fsp3) is 0.375. The van der Waals surface area contributed by atoms with Crippen LogP contribution >= 0.6 is 15.9 Å². The lowest BCUT2D eigenvalue weighted by molar-refractivity contribution is 0.816. The Morgan fingerprint density at radius 2 is 1.85 bits per heavy atom. The molecule has 0 bridgehead atoms. The van der Waals surface area contributed by atoms with Gasteiger partial charge in [-0.1, -0.05) is 48.8 Å². The van der Waals surface area contributed by atoms with E-state index in [-0.39, 0.29) is 0 Å². The SMILES string of the molecule is CCCNc1cc(C(C)C)nc(-c2ccc(Br)cc2)n1. The average molecular weight is 334 g/mol. The summed E-state index contributed by atoms with van der Waals surface area (Å²) in [6.07, 6.45) is 1.08. The number of nitrogens with one attached hydrogen (secondary N) is 1. The van der Waals surface area contributed by atoms with Gasteiger partial charge in [-0.15, -0.1) is 0 Å². The van der Waals surface area contributed by atoms with Gasteiger partial charge in [0.15, 0.2) is 5.82 Å². The molecule has 1 aromatic carbocycles. The quantitative estimate of drug-likeness (QED) is 0.849. The van der Waals surface area contributed by atoms with E-state index in [1.165, 1.54) is 0 Å². The van der Waals surface area contributed by atoms with Crippen LogP contribution in [0.5, 0.6) is 0 Å². The minimum atomic E-state index is 0.384. The number of rotatable bonds is 5. The smallest absolute Gasteiger partial charge is 0.161 e. The molecule has 0 radical (unpaired) electrons. The number of halogens is 1. The predicted molar refractivity (Wildman–Crippen MR) is 88.0 cm³/mol. The van der Waals surface area contributed by atoms with Crippen molar-refractivity contribution in [1.82, 2.24) is 9.97 Å². The Balaban J connectivity index is 2.40. The van der Waals surface area contributed by atoms with E-state index in [0.29, 0.717) is 5.92 Å². The summed E-state index contributed by atoms with van der Waals surface area (Å²) in [4.78, 5) is 9.29. The summed E-state index contributed by atoms with van der Waals surface area (Å²) >= 11 is 3.45. The van der Waals surface area contributed by atoms with Crippen LogP contribution in [0, 0.1) is 0 Å². The lowest BCUT2D eigenvalue weighted by atomic mass is 10.1. The molecule has 0 aliphatic heterocycles. The normalized spacial score (nSPS) is 10.8. The first kappa shape index (κ1) is 15.0. The predicted octanol–water partition coefficient (Wildman–Crippen LogP) is 4.85. The Hall–Kier alpha value is -1.42. The first-order valence-corrected chi connectivity index (χ1v) is 7.78. The third-order valence-corrected chi connectivity index (χ3v) is 3.52. The molecule has 0 saturated carbocycles. The van der Waals surface area contributed by atoms with Gasteiger partial charge in [0.1, 0.15) is 5.82 Å². The molecule has 0 saturated heterocycles. The third kappa shape index (κ3) is 3.79. The van der Waals surface area contributed by atoms with E-state index in [1.54, 1.807) is 0 Å². The van der Waals surface area contributed by atoms with Gasteiger partial charge in [0.2, 0.25) is 0 Å². The van der Waals surface area contributed by atoms with Crippen LogP contribution in [-0.2, 0) is 0 Å². The van der Waals surface area contributed by atoms with Crippen LogP contribution < -0.4 is 5.32 Å². The number of aromatic nitrogens is 2. The molecule has 0 amide bonds. The molecule has 1 aromatic heterocycles. The Morgan fingerprint density at radius 1 is 1.15 bits per heavy atom. The fourth-order valence-corrected chi connectivity index (χ4v) is 2.10. The Morgan fingerprint density at radius 3 is 2.45 bits per heavy atom. The van der Waals surface area contributed by atoms with Crippen LogP contribution in [0.25, 0.3) is 11.4 Å². The van der Waals surface area contributed by atoms with Crippen molar-refractivity contribution in [3.8, 4) is 11.4 Å². The molecule has 106 valence electrons. The van der Waals surface area contributed by atoms with Crippen LogP contribution in [0.1, 0.15) is 38.8 Å². The van der Waals surface area contributed by atoms with Crippen molar-refractivity contribution in [3.05, 3.63) is 40.5 Å². The van der Waals surface area contributed by atoms with Crippen molar-refractivity contribution >= 4 is 21.7 Å². The van der Waals surface area contributed by atoms with Crippen molar-refractivity contribution < 1.29 is 0 Å². The molecular formula is C16H20BrN3. The van der Waals surface area contributed by atoms with E-state index in [1.807, 2.05) is 30.3 Å². The number of anilines is 1. The molecule has 0 aliphatic rings. The largest absolute Gasteiger partial charge is 0.370 e. The number of benzene rings is 1. The third-order valence-electron chi connectivity index (χ3n) is 3.00. The summed E-state index contributed by atoms with van der Waals surface area (Å²) in [5.74, 6) is 2.07. The lowest BCUT2D eigenvalue weighted by Gasteiger charge is -2.11. The van der Waals surface area contributed by atoms with E-state index in [9.17, 15) is 0 Å². The second-order valence-electron chi connectivity index (χ2n) is 5.09. The van der Waals surface area contributed by atoms with Gasteiger partial charge in [0.25, 0.3) is 0 Å². The Bertz CT molecular complexity index is 564. The van der Waals surface area contributed by atoms with E-state index < -0.39 is 0 Å². The monoisotopic (exact) mass is 333 g/mol. The van der Waals surface area contributed by atoms with Crippen molar-refractivity contribution in [2.24, 2.45) is 0 Å². The van der Waals surface area contributed by atoms with Crippen LogP contribution in [0.15, 0.2) is 34.8 Å². The van der Waals surface area contributed by atoms with Gasteiger partial charge in [0.05, 0.1) is 0 Å². The minimum Gasteiger partial charge on any atom is -0.370 e. The van der Waals surface area contributed by atoms with Gasteiger partial charge < -0.3 is 5.32 Å². The van der Waals surface area contributed by atoms with Crippen LogP contribution in [0.4, 0.5) is 5.82 Å². The topological polar surface area (TPSA) is 37.8 Å². The number of hydrogen-bond acceptors (Lipinski definition) is 3. The van der Waals surface area contributed by atoms with Gasteiger partial charge in [-0.3, -0.25) is 0 Å². The van der Waals surface area contributed by atoms with Crippen molar-refractivity contribution in [2.75, 3.05) is 11.9 Å². The van der Waals surface area contributed by atoms with E-state index in [2.05, 4.69) is 52.0 Å². The minimum absolute atomic E-state index is 0.384. The van der Waals surface area contributed by atoms with Gasteiger partial charge in [-0.05, 0) is 24.5 Å². The van der Waals surface area contributed by atoms with Gasteiger partial charge >= 0.3 is 0 Å². The first-order chi connectivity index (χ1) is 9.60. The molecule has 1 heterocycles. The molecule has 20 heavy (non-hydrogen) atoms. The van der Waals surface area contributed by atoms with Gasteiger partial charge in [-0.25, -0.2) is 9.97 Å². The second kappa shape index (κ2) is 6.84. The van der Waals surface area contributed by atoms with Crippen LogP contribution in [0.2, 0.25) is 0 Å². The summed E-state index contributed by atoms with van der Waals surface area (Å²) in [5, 5.41) is 3.35. The molecule has 2 rings (SSSR count). The number of hydrogen-bond donors (Lipinski definition) is 1. The van der Waals surface area contributed by atoms with Crippen molar-refractivity contribution in [3.63, 3.8) is 0 Å². The zero-order valence-electron chi connectivity index (χ0n) is 12.2. The summed E-state index contributed by atoms with van der Waals surface area (Å²) in [7, 11) is 0. The Kier molecular flexibility index (Phi) is 5.12. The standard InChI is InChI=1S/C16H20BrN3/c1-4-9-18-15-10-14(11(2)3)19-16(20-15)12-5-7-13(17)8-6-12/h5-8,10-11H,4,9H2,1-3H3,(H,18,19,20). The zero-order valence-corrected chi connectivity index (χ0v) is 13.7. The zero-order chi connectivity index (χ0) is 14.5. The van der Waals surface area contributed by atoms with Crippen LogP contribution in [0.3, 0.4) is 0 Å². The molecule has 0 aliphatic carbocycles. The molecule has 0 spiro atoms. The van der Waals surface area contributed by atoms with Crippen molar-refractivity contribution in [2.45, 2.75) is 33.1 Å².